The minimum Gasteiger partial charge on any atom is -0.468 e. The van der Waals surface area contributed by atoms with Crippen LogP contribution in [0.25, 0.3) is 0 Å². The number of ketones is 1. The lowest BCUT2D eigenvalue weighted by molar-refractivity contribution is -0.139. The van der Waals surface area contributed by atoms with Crippen LogP contribution in [0.15, 0.2) is 53.1 Å². The van der Waals surface area contributed by atoms with Crippen molar-refractivity contribution in [2.45, 2.75) is 70.6 Å². The Morgan fingerprint density at radius 1 is 1.03 bits per heavy atom. The maximum atomic E-state index is 14.4. The molecule has 1 unspecified atom stereocenters. The van der Waals surface area contributed by atoms with Crippen molar-refractivity contribution in [3.8, 4) is 5.75 Å². The molecular formula is C26H35FN2O5S. The average molecular weight is 507 g/mol. The van der Waals surface area contributed by atoms with E-state index >= 15 is 0 Å². The van der Waals surface area contributed by atoms with Crippen molar-refractivity contribution in [2.75, 3.05) is 5.75 Å². The quantitative estimate of drug-likeness (QED) is 0.344. The highest BCUT2D eigenvalue weighted by Gasteiger charge is 2.30. The number of ether oxygens (including phenoxy) is 1. The zero-order valence-electron chi connectivity index (χ0n) is 20.5. The van der Waals surface area contributed by atoms with E-state index in [1.165, 1.54) is 23.9 Å². The highest BCUT2D eigenvalue weighted by Crippen LogP contribution is 2.16. The smallest absolute Gasteiger partial charge is 0.316 e. The number of para-hydroxylation sites is 1. The normalized spacial score (nSPS) is 13.6. The van der Waals surface area contributed by atoms with Gasteiger partial charge >= 0.3 is 6.36 Å². The summed E-state index contributed by atoms with van der Waals surface area (Å²) in [6.45, 7) is 5.79. The summed E-state index contributed by atoms with van der Waals surface area (Å²) in [4.78, 5) is 38.3. The van der Waals surface area contributed by atoms with Crippen LogP contribution in [0.3, 0.4) is 0 Å². The Kier molecular flexibility index (Phi) is 12.4. The van der Waals surface area contributed by atoms with Crippen molar-refractivity contribution in [1.29, 1.82) is 0 Å². The zero-order valence-corrected chi connectivity index (χ0v) is 21.3. The molecule has 3 atom stereocenters. The van der Waals surface area contributed by atoms with Gasteiger partial charge in [-0.1, -0.05) is 51.8 Å². The fourth-order valence-electron chi connectivity index (χ4n) is 3.35. The SMILES string of the molecule is CCCC[C@H](NC(=O)[C@H](CC(C)C)NC(=O)C(F)Oc1ccccc1)C(=O)CSCc1ccco1. The summed E-state index contributed by atoms with van der Waals surface area (Å²) in [7, 11) is 0. The molecule has 2 aromatic rings. The number of carbonyl (C=O) groups is 3. The monoisotopic (exact) mass is 506 g/mol. The number of nitrogens with one attached hydrogen (secondary N) is 2. The molecule has 0 radical (unpaired) electrons. The van der Waals surface area contributed by atoms with Gasteiger partial charge in [-0.3, -0.25) is 14.4 Å². The third kappa shape index (κ3) is 10.5. The molecule has 35 heavy (non-hydrogen) atoms. The van der Waals surface area contributed by atoms with Crippen LogP contribution in [-0.4, -0.2) is 41.8 Å². The van der Waals surface area contributed by atoms with Gasteiger partial charge in [0, 0.05) is 0 Å². The van der Waals surface area contributed by atoms with Gasteiger partial charge in [0.1, 0.15) is 17.6 Å². The molecule has 0 aliphatic rings. The Morgan fingerprint density at radius 3 is 2.37 bits per heavy atom. The van der Waals surface area contributed by atoms with Crippen molar-refractivity contribution in [3.63, 3.8) is 0 Å². The molecule has 1 aromatic carbocycles. The van der Waals surface area contributed by atoms with E-state index in [4.69, 9.17) is 9.15 Å². The minimum absolute atomic E-state index is 0.0489. The van der Waals surface area contributed by atoms with Crippen LogP contribution in [0, 0.1) is 5.92 Å². The molecule has 0 aliphatic carbocycles. The number of halogens is 1. The van der Waals surface area contributed by atoms with Gasteiger partial charge in [-0.25, -0.2) is 0 Å². The Bertz CT molecular complexity index is 908. The summed E-state index contributed by atoms with van der Waals surface area (Å²) in [5.41, 5.74) is 0. The molecule has 2 amide bonds. The summed E-state index contributed by atoms with van der Waals surface area (Å²) in [6.07, 6.45) is 1.72. The van der Waals surface area contributed by atoms with Crippen LogP contribution in [0.5, 0.6) is 5.75 Å². The van der Waals surface area contributed by atoms with Gasteiger partial charge in [0.05, 0.1) is 23.8 Å². The molecule has 192 valence electrons. The van der Waals surface area contributed by atoms with Crippen molar-refractivity contribution < 1.29 is 27.9 Å². The fourth-order valence-corrected chi connectivity index (χ4v) is 4.22. The lowest BCUT2D eigenvalue weighted by Gasteiger charge is -2.24. The Labute approximate surface area is 210 Å². The zero-order chi connectivity index (χ0) is 25.6. The predicted molar refractivity (Wildman–Crippen MR) is 135 cm³/mol. The van der Waals surface area contributed by atoms with Crippen molar-refractivity contribution in [1.82, 2.24) is 10.6 Å². The second-order valence-electron chi connectivity index (χ2n) is 8.68. The Morgan fingerprint density at radius 2 is 1.74 bits per heavy atom. The second kappa shape index (κ2) is 15.2. The van der Waals surface area contributed by atoms with Gasteiger partial charge in [-0.2, -0.15) is 4.39 Å². The first-order chi connectivity index (χ1) is 16.8. The van der Waals surface area contributed by atoms with Gasteiger partial charge in [-0.15, -0.1) is 11.8 Å². The largest absolute Gasteiger partial charge is 0.468 e. The minimum atomic E-state index is -2.27. The first-order valence-electron chi connectivity index (χ1n) is 11.9. The maximum absolute atomic E-state index is 14.4. The molecule has 0 saturated carbocycles. The number of hydrogen-bond acceptors (Lipinski definition) is 6. The summed E-state index contributed by atoms with van der Waals surface area (Å²) in [5, 5.41) is 5.24. The van der Waals surface area contributed by atoms with Crippen LogP contribution in [0.2, 0.25) is 0 Å². The molecule has 2 rings (SSSR count). The van der Waals surface area contributed by atoms with Crippen LogP contribution in [0.4, 0.5) is 4.39 Å². The number of furan rings is 1. The summed E-state index contributed by atoms with van der Waals surface area (Å²) >= 11 is 1.41. The van der Waals surface area contributed by atoms with Gasteiger partial charge in [0.25, 0.3) is 5.91 Å². The van der Waals surface area contributed by atoms with Gasteiger partial charge in [0.2, 0.25) is 5.91 Å². The molecular weight excluding hydrogens is 471 g/mol. The van der Waals surface area contributed by atoms with E-state index in [2.05, 4.69) is 10.6 Å². The second-order valence-corrected chi connectivity index (χ2v) is 9.67. The Balaban J connectivity index is 1.98. The molecule has 1 heterocycles. The average Bonchev–Trinajstić information content (AvgIpc) is 3.35. The van der Waals surface area contributed by atoms with Crippen molar-refractivity contribution >= 4 is 29.4 Å². The summed E-state index contributed by atoms with van der Waals surface area (Å²) < 4.78 is 24.7. The fraction of sp³-hybridized carbons (Fsp3) is 0.500. The summed E-state index contributed by atoms with van der Waals surface area (Å²) in [5.74, 6) is 0.144. The van der Waals surface area contributed by atoms with Gasteiger partial charge < -0.3 is 19.8 Å². The van der Waals surface area contributed by atoms with Gasteiger partial charge in [0.15, 0.2) is 5.78 Å². The van der Waals surface area contributed by atoms with E-state index in [1.807, 2.05) is 26.8 Å². The molecule has 0 spiro atoms. The molecule has 1 aromatic heterocycles. The van der Waals surface area contributed by atoms with E-state index in [9.17, 15) is 18.8 Å². The number of amides is 2. The molecule has 0 fully saturated rings. The highest BCUT2D eigenvalue weighted by atomic mass is 32.2. The first kappa shape index (κ1) is 28.4. The maximum Gasteiger partial charge on any atom is 0.316 e. The van der Waals surface area contributed by atoms with Crippen molar-refractivity contribution in [2.24, 2.45) is 5.92 Å². The van der Waals surface area contributed by atoms with E-state index in [0.717, 1.165) is 18.6 Å². The number of Topliss-reactive ketones (excluding diaryl/α,β-unsaturated/α-hetero) is 1. The first-order valence-corrected chi connectivity index (χ1v) is 13.0. The van der Waals surface area contributed by atoms with Crippen LogP contribution in [-0.2, 0) is 20.1 Å². The number of rotatable bonds is 16. The van der Waals surface area contributed by atoms with Crippen LogP contribution in [0.1, 0.15) is 52.2 Å². The highest BCUT2D eigenvalue weighted by molar-refractivity contribution is 7.99. The molecule has 0 saturated heterocycles. The number of thioether (sulfide) groups is 1. The lowest BCUT2D eigenvalue weighted by Crippen LogP contribution is -2.54. The lowest BCUT2D eigenvalue weighted by atomic mass is 10.0. The number of unbranched alkanes of at least 4 members (excludes halogenated alkanes) is 1. The topological polar surface area (TPSA) is 97.6 Å². The number of alkyl halides is 1. The predicted octanol–water partition coefficient (Wildman–Crippen LogP) is 4.66. The van der Waals surface area contributed by atoms with E-state index in [1.54, 1.807) is 30.5 Å². The van der Waals surface area contributed by atoms with Crippen molar-refractivity contribution in [3.05, 3.63) is 54.5 Å². The van der Waals surface area contributed by atoms with Crippen LogP contribution >= 0.6 is 11.8 Å². The third-order valence-electron chi connectivity index (χ3n) is 5.15. The van der Waals surface area contributed by atoms with E-state index in [-0.39, 0.29) is 29.6 Å². The standard InChI is InChI=1S/C26H35FN2O5S/c1-4-5-13-21(23(30)17-35-16-20-12-9-14-33-20)28-25(31)22(15-18(2)3)29-26(32)24(27)34-19-10-7-6-8-11-19/h6-12,14,18,21-22,24H,4-5,13,15-17H2,1-3H3,(H,28,31)(H,29,32)/t21-,22-,24?/m0/s1. The molecule has 7 nitrogen and oxygen atoms in total. The third-order valence-corrected chi connectivity index (χ3v) is 6.13. The van der Waals surface area contributed by atoms with E-state index in [0.29, 0.717) is 12.2 Å². The number of hydrogen-bond donors (Lipinski definition) is 2. The molecule has 0 aliphatic heterocycles. The number of benzene rings is 1. The molecule has 9 heteroatoms. The van der Waals surface area contributed by atoms with Gasteiger partial charge in [-0.05, 0) is 43.0 Å². The Hall–Kier alpha value is -2.81. The molecule has 0 bridgehead atoms. The molecule has 2 N–H and O–H groups in total. The van der Waals surface area contributed by atoms with Crippen LogP contribution < -0.4 is 15.4 Å². The van der Waals surface area contributed by atoms with E-state index < -0.39 is 30.3 Å². The summed E-state index contributed by atoms with van der Waals surface area (Å²) in [6, 6.07) is 10.1. The number of carbonyl (C=O) groups excluding carboxylic acids is 3.